The molecule has 2 heterocycles. The molecule has 1 aliphatic heterocycles. The first kappa shape index (κ1) is 25.6. The van der Waals surface area contributed by atoms with Crippen LogP contribution in [0.15, 0.2) is 60.0 Å². The number of anilines is 1. The number of carbonyl (C=O) groups is 2. The predicted octanol–water partition coefficient (Wildman–Crippen LogP) is 5.89. The fourth-order valence-corrected chi connectivity index (χ4v) is 4.86. The van der Waals surface area contributed by atoms with Crippen molar-refractivity contribution in [3.8, 4) is 11.5 Å². The van der Waals surface area contributed by atoms with Gasteiger partial charge in [-0.25, -0.2) is 4.79 Å². The summed E-state index contributed by atoms with van der Waals surface area (Å²) in [4.78, 5) is 31.5. The van der Waals surface area contributed by atoms with E-state index in [4.69, 9.17) is 9.47 Å². The summed E-state index contributed by atoms with van der Waals surface area (Å²) in [6, 6.07) is 16.9. The van der Waals surface area contributed by atoms with E-state index in [1.807, 2.05) is 58.8 Å². The van der Waals surface area contributed by atoms with Gasteiger partial charge in [0, 0.05) is 23.7 Å². The van der Waals surface area contributed by atoms with Crippen LogP contribution in [0.2, 0.25) is 0 Å². The first-order valence-electron chi connectivity index (χ1n) is 12.2. The number of amides is 3. The molecule has 1 aliphatic rings. The van der Waals surface area contributed by atoms with Crippen LogP contribution in [0.5, 0.6) is 11.5 Å². The van der Waals surface area contributed by atoms with Crippen LogP contribution in [-0.4, -0.2) is 41.6 Å². The number of hydrogen-bond donors (Lipinski definition) is 1. The number of hydrogen-bond acceptors (Lipinski definition) is 5. The van der Waals surface area contributed by atoms with Crippen LogP contribution in [0.4, 0.5) is 10.5 Å². The molecule has 0 fully saturated rings. The zero-order chi connectivity index (χ0) is 25.5. The number of nitrogens with one attached hydrogen (secondary N) is 1. The Bertz CT molecular complexity index is 1180. The highest BCUT2D eigenvalue weighted by atomic mass is 32.1. The second-order valence-electron chi connectivity index (χ2n) is 9.15. The third kappa shape index (κ3) is 6.57. The molecule has 36 heavy (non-hydrogen) atoms. The van der Waals surface area contributed by atoms with Gasteiger partial charge in [0.25, 0.3) is 0 Å². The van der Waals surface area contributed by atoms with E-state index in [2.05, 4.69) is 32.2 Å². The normalized spacial score (nSPS) is 12.8. The minimum Gasteiger partial charge on any atom is -0.454 e. The molecule has 4 rings (SSSR count). The minimum atomic E-state index is -0.273. The Labute approximate surface area is 216 Å². The fraction of sp³-hybridized carbons (Fsp3) is 0.357. The number of carbonyl (C=O) groups excluding carboxylic acids is 2. The molecule has 0 spiro atoms. The molecule has 1 atom stereocenters. The summed E-state index contributed by atoms with van der Waals surface area (Å²) < 4.78 is 11.0. The Morgan fingerprint density at radius 1 is 1.03 bits per heavy atom. The van der Waals surface area contributed by atoms with Gasteiger partial charge in [0.15, 0.2) is 11.5 Å². The Morgan fingerprint density at radius 2 is 1.81 bits per heavy atom. The summed E-state index contributed by atoms with van der Waals surface area (Å²) in [7, 11) is 0. The van der Waals surface area contributed by atoms with Crippen molar-refractivity contribution in [3.05, 3.63) is 76.0 Å². The Balaban J connectivity index is 1.53. The van der Waals surface area contributed by atoms with Gasteiger partial charge >= 0.3 is 6.03 Å². The van der Waals surface area contributed by atoms with Gasteiger partial charge in [-0.3, -0.25) is 4.79 Å². The number of nitrogens with zero attached hydrogens (tertiary/aromatic N) is 2. The van der Waals surface area contributed by atoms with Crippen LogP contribution < -0.4 is 14.8 Å². The smallest absolute Gasteiger partial charge is 0.322 e. The first-order valence-corrected chi connectivity index (χ1v) is 13.1. The lowest BCUT2D eigenvalue weighted by Crippen LogP contribution is -2.45. The Kier molecular flexibility index (Phi) is 8.48. The van der Waals surface area contributed by atoms with Crippen molar-refractivity contribution >= 4 is 29.0 Å². The van der Waals surface area contributed by atoms with Crippen LogP contribution in [0, 0.1) is 12.8 Å². The fourth-order valence-electron chi connectivity index (χ4n) is 3.94. The first-order chi connectivity index (χ1) is 17.4. The van der Waals surface area contributed by atoms with Crippen LogP contribution in [0.25, 0.3) is 0 Å². The lowest BCUT2D eigenvalue weighted by Gasteiger charge is -2.29. The van der Waals surface area contributed by atoms with E-state index in [1.165, 1.54) is 0 Å². The molecule has 1 N–H and O–H groups in total. The second kappa shape index (κ2) is 11.9. The highest BCUT2D eigenvalue weighted by molar-refractivity contribution is 7.10. The summed E-state index contributed by atoms with van der Waals surface area (Å²) in [5.41, 5.74) is 2.81. The highest BCUT2D eigenvalue weighted by Gasteiger charge is 2.24. The maximum atomic E-state index is 13.7. The molecule has 3 aromatic rings. The van der Waals surface area contributed by atoms with Crippen molar-refractivity contribution in [1.82, 2.24) is 9.80 Å². The van der Waals surface area contributed by atoms with E-state index >= 15 is 0 Å². The van der Waals surface area contributed by atoms with Gasteiger partial charge < -0.3 is 24.6 Å². The molecule has 190 valence electrons. The number of ether oxygens (including phenoxy) is 2. The van der Waals surface area contributed by atoms with Crippen molar-refractivity contribution < 1.29 is 19.1 Å². The zero-order valence-electron chi connectivity index (χ0n) is 21.0. The maximum absolute atomic E-state index is 13.7. The van der Waals surface area contributed by atoms with Crippen molar-refractivity contribution in [2.75, 3.05) is 25.2 Å². The number of rotatable bonds is 10. The summed E-state index contributed by atoms with van der Waals surface area (Å²) in [5.74, 6) is 1.56. The van der Waals surface area contributed by atoms with Crippen LogP contribution in [-0.2, 0) is 17.9 Å². The summed E-state index contributed by atoms with van der Waals surface area (Å²) in [5, 5.41) is 4.97. The number of urea groups is 1. The number of fused-ring (bicyclic) bond motifs is 1. The largest absolute Gasteiger partial charge is 0.454 e. The lowest BCUT2D eigenvalue weighted by atomic mass is 10.1. The van der Waals surface area contributed by atoms with E-state index in [-0.39, 0.29) is 31.2 Å². The molecule has 0 bridgehead atoms. The van der Waals surface area contributed by atoms with Crippen molar-refractivity contribution in [2.24, 2.45) is 5.92 Å². The molecule has 1 aromatic heterocycles. The average molecular weight is 508 g/mol. The van der Waals surface area contributed by atoms with Crippen molar-refractivity contribution in [2.45, 2.75) is 40.3 Å². The molecule has 0 saturated carbocycles. The van der Waals surface area contributed by atoms with E-state index < -0.39 is 0 Å². The molecule has 8 heteroatoms. The quantitative estimate of drug-likeness (QED) is 0.371. The Morgan fingerprint density at radius 3 is 2.53 bits per heavy atom. The Hall–Kier alpha value is -3.52. The molecular weight excluding hydrogens is 474 g/mol. The summed E-state index contributed by atoms with van der Waals surface area (Å²) >= 11 is 1.64. The van der Waals surface area contributed by atoms with E-state index in [0.29, 0.717) is 36.8 Å². The highest BCUT2D eigenvalue weighted by Crippen LogP contribution is 2.33. The van der Waals surface area contributed by atoms with Gasteiger partial charge in [-0.05, 0) is 59.7 Å². The topological polar surface area (TPSA) is 71.1 Å². The number of thiophene rings is 1. The average Bonchev–Trinajstić information content (AvgIpc) is 3.51. The van der Waals surface area contributed by atoms with Gasteiger partial charge in [-0.2, -0.15) is 0 Å². The minimum absolute atomic E-state index is 0.00200. The molecular formula is C28H33N3O4S. The van der Waals surface area contributed by atoms with Gasteiger partial charge in [-0.15, -0.1) is 11.3 Å². The molecule has 0 aliphatic carbocycles. The van der Waals surface area contributed by atoms with Crippen LogP contribution >= 0.6 is 11.3 Å². The molecule has 7 nitrogen and oxygen atoms in total. The van der Waals surface area contributed by atoms with Crippen molar-refractivity contribution in [1.29, 1.82) is 0 Å². The predicted molar refractivity (Wildman–Crippen MR) is 142 cm³/mol. The third-order valence-corrected chi connectivity index (χ3v) is 7.34. The SMILES string of the molecule is CCC(C)CN(CC(=O)N(Cc1ccc2c(c1)OCO2)Cc1sccc1C)C(=O)Nc1ccccc1. The number of para-hydroxylation sites is 1. The van der Waals surface area contributed by atoms with Gasteiger partial charge in [-0.1, -0.05) is 44.5 Å². The monoisotopic (exact) mass is 507 g/mol. The molecule has 3 amide bonds. The van der Waals surface area contributed by atoms with E-state index in [1.54, 1.807) is 16.2 Å². The standard InChI is InChI=1S/C28H33N3O4S/c1-4-20(2)15-31(28(33)29-23-8-6-5-7-9-23)18-27(32)30(17-26-21(3)12-13-36-26)16-22-10-11-24-25(14-22)35-19-34-24/h5-14,20H,4,15-19H2,1-3H3,(H,29,33). The molecule has 0 radical (unpaired) electrons. The third-order valence-electron chi connectivity index (χ3n) is 6.33. The maximum Gasteiger partial charge on any atom is 0.322 e. The number of benzene rings is 2. The molecule has 0 saturated heterocycles. The van der Waals surface area contributed by atoms with E-state index in [9.17, 15) is 9.59 Å². The lowest BCUT2D eigenvalue weighted by molar-refractivity contribution is -0.133. The van der Waals surface area contributed by atoms with Gasteiger partial charge in [0.05, 0.1) is 6.54 Å². The van der Waals surface area contributed by atoms with E-state index in [0.717, 1.165) is 22.4 Å². The summed E-state index contributed by atoms with van der Waals surface area (Å²) in [6.45, 7) is 7.82. The van der Waals surface area contributed by atoms with Gasteiger partial charge in [0.1, 0.15) is 6.54 Å². The number of aryl methyl sites for hydroxylation is 1. The van der Waals surface area contributed by atoms with Gasteiger partial charge in [0.2, 0.25) is 12.7 Å². The van der Waals surface area contributed by atoms with Crippen LogP contribution in [0.1, 0.15) is 36.3 Å². The summed E-state index contributed by atoms with van der Waals surface area (Å²) in [6.07, 6.45) is 0.915. The zero-order valence-corrected chi connectivity index (χ0v) is 21.8. The molecule has 1 unspecified atom stereocenters. The molecule has 2 aromatic carbocycles. The second-order valence-corrected chi connectivity index (χ2v) is 10.2. The van der Waals surface area contributed by atoms with Crippen molar-refractivity contribution in [3.63, 3.8) is 0 Å². The van der Waals surface area contributed by atoms with Crippen LogP contribution in [0.3, 0.4) is 0 Å².